The van der Waals surface area contributed by atoms with Crippen molar-refractivity contribution in [1.82, 2.24) is 10.2 Å². The van der Waals surface area contributed by atoms with Crippen molar-refractivity contribution in [2.24, 2.45) is 0 Å². The van der Waals surface area contributed by atoms with Gasteiger partial charge in [0.2, 0.25) is 5.91 Å². The molecule has 0 spiro atoms. The van der Waals surface area contributed by atoms with E-state index in [1.807, 2.05) is 0 Å². The third-order valence-electron chi connectivity index (χ3n) is 2.29. The van der Waals surface area contributed by atoms with Gasteiger partial charge in [-0.05, 0) is 26.3 Å². The third-order valence-corrected chi connectivity index (χ3v) is 2.29. The first-order valence-electron chi connectivity index (χ1n) is 4.80. The lowest BCUT2D eigenvalue weighted by molar-refractivity contribution is -0.130. The molecule has 0 aromatic heterocycles. The van der Waals surface area contributed by atoms with Gasteiger partial charge < -0.3 is 10.2 Å². The number of carbonyl (C=O) groups excluding carboxylic acids is 1. The van der Waals surface area contributed by atoms with Gasteiger partial charge in [-0.25, -0.2) is 4.39 Å². The molecule has 84 valence electrons. The zero-order valence-corrected chi connectivity index (χ0v) is 9.28. The summed E-state index contributed by atoms with van der Waals surface area (Å²) < 4.78 is 13.1. The number of rotatable bonds is 2. The number of nitrogens with zero attached hydrogens (tertiary/aromatic N) is 1. The molecule has 1 N–H and O–H groups in total. The number of likely N-dealkylation sites (tertiary alicyclic amines) is 1. The summed E-state index contributed by atoms with van der Waals surface area (Å²) in [7, 11) is 1.72. The van der Waals surface area contributed by atoms with E-state index in [1.54, 1.807) is 11.9 Å². The lowest BCUT2D eigenvalue weighted by Gasteiger charge is -2.21. The molecule has 1 rings (SSSR count). The Balaban J connectivity index is 0.00000169. The van der Waals surface area contributed by atoms with Crippen LogP contribution in [-0.2, 0) is 4.79 Å². The first kappa shape index (κ1) is 13.7. The summed E-state index contributed by atoms with van der Waals surface area (Å²) in [5, 5.41) is 2.79. The van der Waals surface area contributed by atoms with E-state index < -0.39 is 6.17 Å². The van der Waals surface area contributed by atoms with Gasteiger partial charge in [-0.2, -0.15) is 0 Å². The second-order valence-electron chi connectivity index (χ2n) is 3.46. The van der Waals surface area contributed by atoms with Crippen LogP contribution in [0.5, 0.6) is 0 Å². The molecule has 0 aromatic rings. The average molecular weight is 225 g/mol. The molecule has 14 heavy (non-hydrogen) atoms. The van der Waals surface area contributed by atoms with Crippen molar-refractivity contribution < 1.29 is 9.18 Å². The van der Waals surface area contributed by atoms with Gasteiger partial charge in [-0.3, -0.25) is 4.79 Å². The molecule has 0 aliphatic carbocycles. The molecule has 1 heterocycles. The van der Waals surface area contributed by atoms with Crippen molar-refractivity contribution in [3.63, 3.8) is 0 Å². The summed E-state index contributed by atoms with van der Waals surface area (Å²) in [6.07, 6.45) is 1.59. The Morgan fingerprint density at radius 1 is 1.57 bits per heavy atom. The molecule has 1 amide bonds. The van der Waals surface area contributed by atoms with Crippen LogP contribution in [0.4, 0.5) is 4.39 Å². The number of nitrogens with one attached hydrogen (secondary N) is 1. The van der Waals surface area contributed by atoms with Gasteiger partial charge >= 0.3 is 0 Å². The summed E-state index contributed by atoms with van der Waals surface area (Å²) in [5.74, 6) is 0.00653. The zero-order valence-electron chi connectivity index (χ0n) is 8.46. The van der Waals surface area contributed by atoms with E-state index in [9.17, 15) is 9.18 Å². The predicted octanol–water partition coefficient (Wildman–Crippen LogP) is 0.978. The van der Waals surface area contributed by atoms with Gasteiger partial charge in [-0.1, -0.05) is 0 Å². The maximum atomic E-state index is 13.1. The number of alkyl halides is 1. The van der Waals surface area contributed by atoms with Crippen molar-refractivity contribution >= 4 is 18.3 Å². The monoisotopic (exact) mass is 224 g/mol. The summed E-state index contributed by atoms with van der Waals surface area (Å²) >= 11 is 0. The van der Waals surface area contributed by atoms with E-state index in [0.717, 1.165) is 12.8 Å². The van der Waals surface area contributed by atoms with Crippen LogP contribution < -0.4 is 5.32 Å². The van der Waals surface area contributed by atoms with Gasteiger partial charge in [-0.15, -0.1) is 12.4 Å². The third kappa shape index (κ3) is 4.24. The average Bonchev–Trinajstić information content (AvgIpc) is 2.30. The SMILES string of the molecule is CNCC(=O)N1CCCCC(F)C1.Cl. The minimum Gasteiger partial charge on any atom is -0.339 e. The molecular weight excluding hydrogens is 207 g/mol. The zero-order chi connectivity index (χ0) is 9.68. The summed E-state index contributed by atoms with van der Waals surface area (Å²) in [6, 6.07) is 0. The van der Waals surface area contributed by atoms with E-state index in [1.165, 1.54) is 0 Å². The van der Waals surface area contributed by atoms with Crippen LogP contribution in [0.1, 0.15) is 19.3 Å². The summed E-state index contributed by atoms with van der Waals surface area (Å²) in [4.78, 5) is 13.0. The van der Waals surface area contributed by atoms with E-state index in [4.69, 9.17) is 0 Å². The van der Waals surface area contributed by atoms with E-state index in [2.05, 4.69) is 5.32 Å². The normalized spacial score (nSPS) is 22.4. The van der Waals surface area contributed by atoms with Gasteiger partial charge in [0.25, 0.3) is 0 Å². The van der Waals surface area contributed by atoms with Crippen LogP contribution in [0.3, 0.4) is 0 Å². The standard InChI is InChI=1S/C9H17FN2O.ClH/c1-11-6-9(13)12-5-3-2-4-8(10)7-12;/h8,11H,2-7H2,1H3;1H. The van der Waals surface area contributed by atoms with Crippen molar-refractivity contribution in [3.05, 3.63) is 0 Å². The van der Waals surface area contributed by atoms with Crippen molar-refractivity contribution in [2.45, 2.75) is 25.4 Å². The van der Waals surface area contributed by atoms with Crippen LogP contribution >= 0.6 is 12.4 Å². The molecule has 3 nitrogen and oxygen atoms in total. The van der Waals surface area contributed by atoms with Gasteiger partial charge in [0.15, 0.2) is 0 Å². The minimum absolute atomic E-state index is 0. The molecule has 1 fully saturated rings. The van der Waals surface area contributed by atoms with Crippen molar-refractivity contribution in [3.8, 4) is 0 Å². The molecule has 0 aromatic carbocycles. The molecule has 1 saturated heterocycles. The molecule has 0 saturated carbocycles. The Hall–Kier alpha value is -0.350. The Labute approximate surface area is 90.4 Å². The highest BCUT2D eigenvalue weighted by atomic mass is 35.5. The highest BCUT2D eigenvalue weighted by Gasteiger charge is 2.20. The first-order valence-corrected chi connectivity index (χ1v) is 4.80. The van der Waals surface area contributed by atoms with E-state index in [0.29, 0.717) is 19.5 Å². The number of halogens is 2. The Kier molecular flexibility index (Phi) is 6.83. The molecular formula is C9H18ClFN2O. The predicted molar refractivity (Wildman–Crippen MR) is 56.5 cm³/mol. The van der Waals surface area contributed by atoms with E-state index >= 15 is 0 Å². The largest absolute Gasteiger partial charge is 0.339 e. The van der Waals surface area contributed by atoms with Gasteiger partial charge in [0.1, 0.15) is 6.17 Å². The maximum absolute atomic E-state index is 13.1. The number of hydrogen-bond donors (Lipinski definition) is 1. The molecule has 1 atom stereocenters. The number of hydrogen-bond acceptors (Lipinski definition) is 2. The van der Waals surface area contributed by atoms with Crippen LogP contribution in [0.2, 0.25) is 0 Å². The smallest absolute Gasteiger partial charge is 0.236 e. The molecule has 5 heteroatoms. The van der Waals surface area contributed by atoms with E-state index in [-0.39, 0.29) is 24.9 Å². The highest BCUT2D eigenvalue weighted by Crippen LogP contribution is 2.12. The Morgan fingerprint density at radius 2 is 2.29 bits per heavy atom. The molecule has 0 bridgehead atoms. The second-order valence-corrected chi connectivity index (χ2v) is 3.46. The quantitative estimate of drug-likeness (QED) is 0.759. The molecule has 1 aliphatic heterocycles. The van der Waals surface area contributed by atoms with Crippen LogP contribution in [0, 0.1) is 0 Å². The molecule has 1 unspecified atom stereocenters. The highest BCUT2D eigenvalue weighted by molar-refractivity contribution is 5.85. The van der Waals surface area contributed by atoms with Crippen molar-refractivity contribution in [1.29, 1.82) is 0 Å². The summed E-state index contributed by atoms with van der Waals surface area (Å²) in [6.45, 7) is 1.30. The van der Waals surface area contributed by atoms with Crippen molar-refractivity contribution in [2.75, 3.05) is 26.7 Å². The lowest BCUT2D eigenvalue weighted by Crippen LogP contribution is -2.40. The lowest BCUT2D eigenvalue weighted by atomic mass is 10.2. The second kappa shape index (κ2) is 7.01. The molecule has 0 radical (unpaired) electrons. The van der Waals surface area contributed by atoms with Gasteiger partial charge in [0.05, 0.1) is 13.1 Å². The van der Waals surface area contributed by atoms with Gasteiger partial charge in [0, 0.05) is 6.54 Å². The van der Waals surface area contributed by atoms with Crippen LogP contribution in [-0.4, -0.2) is 43.7 Å². The fourth-order valence-corrected chi connectivity index (χ4v) is 1.58. The Morgan fingerprint density at radius 3 is 2.93 bits per heavy atom. The number of carbonyl (C=O) groups is 1. The maximum Gasteiger partial charge on any atom is 0.236 e. The number of amides is 1. The first-order chi connectivity index (χ1) is 6.24. The topological polar surface area (TPSA) is 32.3 Å². The summed E-state index contributed by atoms with van der Waals surface area (Å²) in [5.41, 5.74) is 0. The number of likely N-dealkylation sites (N-methyl/N-ethyl adjacent to an activating group) is 1. The van der Waals surface area contributed by atoms with Crippen LogP contribution in [0.15, 0.2) is 0 Å². The van der Waals surface area contributed by atoms with Crippen LogP contribution in [0.25, 0.3) is 0 Å². The fourth-order valence-electron chi connectivity index (χ4n) is 1.58. The fraction of sp³-hybridized carbons (Fsp3) is 0.889. The minimum atomic E-state index is -0.830. The molecule has 1 aliphatic rings. The Bertz CT molecular complexity index is 180.